The number of allylic oxidation sites excluding steroid dienone is 2. The molecule has 0 fully saturated rings. The molecule has 1 aromatic heterocycles. The Hall–Kier alpha value is -3.48. The van der Waals surface area contributed by atoms with Crippen LogP contribution in [0.1, 0.15) is 64.4 Å². The predicted octanol–water partition coefficient (Wildman–Crippen LogP) is 7.59. The zero-order valence-electron chi connectivity index (χ0n) is 18.9. The molecule has 0 saturated heterocycles. The van der Waals surface area contributed by atoms with Crippen molar-refractivity contribution in [2.24, 2.45) is 0 Å². The summed E-state index contributed by atoms with van der Waals surface area (Å²) in [6.07, 6.45) is 1.57. The highest BCUT2D eigenvalue weighted by atomic mass is 19.4. The molecule has 0 radical (unpaired) electrons. The Kier molecular flexibility index (Phi) is 7.87. The maximum atomic E-state index is 13.1. The SMILES string of the molecule is CCc1ccc(F)cc1.Cc1ccc(C(F)(F)F)cc1C1=C(c2cncc(C(=O)O)c2)CCC1. The topological polar surface area (TPSA) is 50.2 Å². The molecule has 4 rings (SSSR count). The van der Waals surface area contributed by atoms with Gasteiger partial charge in [-0.1, -0.05) is 25.1 Å². The molecule has 0 unspecified atom stereocenters. The van der Waals surface area contributed by atoms with Gasteiger partial charge in [-0.15, -0.1) is 0 Å². The van der Waals surface area contributed by atoms with E-state index in [1.807, 2.05) is 6.92 Å². The lowest BCUT2D eigenvalue weighted by Crippen LogP contribution is -2.06. The third-order valence-corrected chi connectivity index (χ3v) is 5.76. The maximum absolute atomic E-state index is 13.1. The number of alkyl halides is 3. The molecule has 0 spiro atoms. The minimum absolute atomic E-state index is 0.0667. The van der Waals surface area contributed by atoms with E-state index in [0.717, 1.165) is 35.6 Å². The van der Waals surface area contributed by atoms with Crippen molar-refractivity contribution in [2.75, 3.05) is 0 Å². The summed E-state index contributed by atoms with van der Waals surface area (Å²) in [6.45, 7) is 3.83. The standard InChI is InChI=1S/C19H16F3NO2.C8H9F/c1-11-5-6-14(19(20,21)22)8-17(11)16-4-2-3-15(16)12-7-13(18(24)25)10-23-9-12;1-2-7-3-5-8(9)6-4-7/h5-10H,2-4H2,1H3,(H,24,25);3-6H,2H2,1H3. The lowest BCUT2D eigenvalue weighted by molar-refractivity contribution is -0.137. The quantitative estimate of drug-likeness (QED) is 0.399. The van der Waals surface area contributed by atoms with Gasteiger partial charge in [0.2, 0.25) is 0 Å². The van der Waals surface area contributed by atoms with Gasteiger partial charge in [0.15, 0.2) is 0 Å². The summed E-state index contributed by atoms with van der Waals surface area (Å²) >= 11 is 0. The number of rotatable bonds is 4. The van der Waals surface area contributed by atoms with Gasteiger partial charge in [-0.2, -0.15) is 13.2 Å². The van der Waals surface area contributed by atoms with E-state index in [9.17, 15) is 22.4 Å². The van der Waals surface area contributed by atoms with Crippen molar-refractivity contribution in [2.45, 2.75) is 45.7 Å². The fourth-order valence-electron chi connectivity index (χ4n) is 3.93. The Morgan fingerprint density at radius 3 is 2.29 bits per heavy atom. The summed E-state index contributed by atoms with van der Waals surface area (Å²) in [5, 5.41) is 9.12. The highest BCUT2D eigenvalue weighted by Gasteiger charge is 2.31. The highest BCUT2D eigenvalue weighted by Crippen LogP contribution is 2.42. The molecular formula is C27H25F4NO2. The van der Waals surface area contributed by atoms with Crippen LogP contribution in [-0.4, -0.2) is 16.1 Å². The van der Waals surface area contributed by atoms with E-state index >= 15 is 0 Å². The van der Waals surface area contributed by atoms with Crippen LogP contribution in [0.3, 0.4) is 0 Å². The first-order valence-corrected chi connectivity index (χ1v) is 10.9. The Bertz CT molecular complexity index is 1200. The van der Waals surface area contributed by atoms with E-state index in [-0.39, 0.29) is 11.4 Å². The number of nitrogens with zero attached hydrogens (tertiary/aromatic N) is 1. The van der Waals surface area contributed by atoms with E-state index in [0.29, 0.717) is 24.0 Å². The monoisotopic (exact) mass is 471 g/mol. The number of hydrogen-bond acceptors (Lipinski definition) is 2. The molecule has 0 atom stereocenters. The number of hydrogen-bond donors (Lipinski definition) is 1. The molecule has 3 aromatic rings. The van der Waals surface area contributed by atoms with Crippen molar-refractivity contribution >= 4 is 17.1 Å². The van der Waals surface area contributed by atoms with Crippen LogP contribution in [0.25, 0.3) is 11.1 Å². The summed E-state index contributed by atoms with van der Waals surface area (Å²) in [6, 6.07) is 11.8. The predicted molar refractivity (Wildman–Crippen MR) is 124 cm³/mol. The molecule has 34 heavy (non-hydrogen) atoms. The Balaban J connectivity index is 0.000000302. The van der Waals surface area contributed by atoms with Crippen LogP contribution in [0, 0.1) is 12.7 Å². The van der Waals surface area contributed by atoms with E-state index in [1.54, 1.807) is 25.3 Å². The van der Waals surface area contributed by atoms with Gasteiger partial charge in [-0.25, -0.2) is 9.18 Å². The second-order valence-corrected chi connectivity index (χ2v) is 8.09. The third kappa shape index (κ3) is 6.10. The molecule has 178 valence electrons. The highest BCUT2D eigenvalue weighted by molar-refractivity contribution is 5.95. The number of carboxylic acid groups (broad SMARTS) is 1. The average molecular weight is 471 g/mol. The number of carboxylic acids is 1. The number of aromatic nitrogens is 1. The number of aryl methyl sites for hydroxylation is 2. The van der Waals surface area contributed by atoms with E-state index in [4.69, 9.17) is 5.11 Å². The number of carbonyl (C=O) groups is 1. The van der Waals surface area contributed by atoms with Gasteiger partial charge >= 0.3 is 12.1 Å². The summed E-state index contributed by atoms with van der Waals surface area (Å²) in [5.41, 5.74) is 4.28. The number of benzene rings is 2. The van der Waals surface area contributed by atoms with Crippen LogP contribution >= 0.6 is 0 Å². The first-order chi connectivity index (χ1) is 16.1. The third-order valence-electron chi connectivity index (χ3n) is 5.76. The van der Waals surface area contributed by atoms with E-state index in [1.165, 1.54) is 42.1 Å². The molecule has 1 aliphatic carbocycles. The zero-order valence-corrected chi connectivity index (χ0v) is 18.9. The van der Waals surface area contributed by atoms with Crippen LogP contribution in [0.5, 0.6) is 0 Å². The van der Waals surface area contributed by atoms with Crippen molar-refractivity contribution in [3.05, 3.63) is 100 Å². The first kappa shape index (κ1) is 25.1. The molecule has 0 amide bonds. The molecular weight excluding hydrogens is 446 g/mol. The summed E-state index contributed by atoms with van der Waals surface area (Å²) in [4.78, 5) is 15.1. The van der Waals surface area contributed by atoms with Crippen LogP contribution in [-0.2, 0) is 12.6 Å². The van der Waals surface area contributed by atoms with Crippen LogP contribution in [0.2, 0.25) is 0 Å². The maximum Gasteiger partial charge on any atom is 0.416 e. The Labute approximate surface area is 195 Å². The van der Waals surface area contributed by atoms with Gasteiger partial charge in [0.1, 0.15) is 5.82 Å². The Morgan fingerprint density at radius 1 is 1.00 bits per heavy atom. The van der Waals surface area contributed by atoms with Crippen molar-refractivity contribution < 1.29 is 27.5 Å². The van der Waals surface area contributed by atoms with Gasteiger partial charge in [0.05, 0.1) is 11.1 Å². The molecule has 1 heterocycles. The van der Waals surface area contributed by atoms with Crippen LogP contribution < -0.4 is 0 Å². The summed E-state index contributed by atoms with van der Waals surface area (Å²) in [7, 11) is 0. The van der Waals surface area contributed by atoms with Gasteiger partial charge in [-0.05, 0) is 96.3 Å². The summed E-state index contributed by atoms with van der Waals surface area (Å²) < 4.78 is 51.4. The molecule has 1 N–H and O–H groups in total. The number of pyridine rings is 1. The lowest BCUT2D eigenvalue weighted by Gasteiger charge is -2.14. The van der Waals surface area contributed by atoms with Crippen LogP contribution in [0.15, 0.2) is 60.9 Å². The van der Waals surface area contributed by atoms with Crippen molar-refractivity contribution in [1.82, 2.24) is 4.98 Å². The minimum atomic E-state index is -4.40. The molecule has 0 saturated carbocycles. The smallest absolute Gasteiger partial charge is 0.416 e. The zero-order chi connectivity index (χ0) is 24.9. The van der Waals surface area contributed by atoms with Gasteiger partial charge < -0.3 is 5.11 Å². The van der Waals surface area contributed by atoms with Gasteiger partial charge in [0.25, 0.3) is 0 Å². The molecule has 7 heteroatoms. The number of aromatic carboxylic acids is 1. The molecule has 1 aliphatic rings. The Morgan fingerprint density at radius 2 is 1.68 bits per heavy atom. The normalized spacial score (nSPS) is 13.5. The number of halogens is 4. The molecule has 0 aliphatic heterocycles. The van der Waals surface area contributed by atoms with Crippen LogP contribution in [0.4, 0.5) is 17.6 Å². The van der Waals surface area contributed by atoms with E-state index < -0.39 is 17.7 Å². The van der Waals surface area contributed by atoms with Gasteiger partial charge in [-0.3, -0.25) is 4.98 Å². The largest absolute Gasteiger partial charge is 0.478 e. The second-order valence-electron chi connectivity index (χ2n) is 8.09. The first-order valence-electron chi connectivity index (χ1n) is 10.9. The minimum Gasteiger partial charge on any atom is -0.478 e. The van der Waals surface area contributed by atoms with Gasteiger partial charge in [0, 0.05) is 12.4 Å². The van der Waals surface area contributed by atoms with Crippen molar-refractivity contribution in [3.63, 3.8) is 0 Å². The average Bonchev–Trinajstić information content (AvgIpc) is 3.29. The summed E-state index contributed by atoms with van der Waals surface area (Å²) in [5.74, 6) is -1.24. The molecule has 3 nitrogen and oxygen atoms in total. The molecule has 2 aromatic carbocycles. The molecule has 0 bridgehead atoms. The van der Waals surface area contributed by atoms with Crippen molar-refractivity contribution in [3.8, 4) is 0 Å². The lowest BCUT2D eigenvalue weighted by atomic mass is 9.93. The van der Waals surface area contributed by atoms with E-state index in [2.05, 4.69) is 4.98 Å². The second kappa shape index (κ2) is 10.6. The fourth-order valence-corrected chi connectivity index (χ4v) is 3.93. The fraction of sp³-hybridized carbons (Fsp3) is 0.259. The van der Waals surface area contributed by atoms with Crippen molar-refractivity contribution in [1.29, 1.82) is 0 Å².